The number of hydrogen-bond acceptors (Lipinski definition) is 4. The van der Waals surface area contributed by atoms with Crippen LogP contribution in [0.3, 0.4) is 0 Å². The summed E-state index contributed by atoms with van der Waals surface area (Å²) in [6.45, 7) is 5.42. The van der Waals surface area contributed by atoms with Gasteiger partial charge in [0.05, 0.1) is 20.6 Å². The molecule has 0 saturated carbocycles. The standard InChI is InChI=1S/C15H23N3O4S2/c1-5-10(6-2)23(20)12-7-9(3)11(14(19)18-15(16)17)8-13(12)24(4,21)22/h7-8,10H,5-6H2,1-4H3,(H4,16,17,18,19). The van der Waals surface area contributed by atoms with Crippen LogP contribution in [0.25, 0.3) is 0 Å². The number of rotatable bonds is 6. The minimum Gasteiger partial charge on any atom is -0.370 e. The van der Waals surface area contributed by atoms with E-state index in [1.165, 1.54) is 12.1 Å². The van der Waals surface area contributed by atoms with Crippen LogP contribution in [0, 0.1) is 6.92 Å². The summed E-state index contributed by atoms with van der Waals surface area (Å²) in [4.78, 5) is 15.6. The number of carbonyl (C=O) groups is 1. The Bertz CT molecular complexity index is 793. The number of amides is 1. The third-order valence-electron chi connectivity index (χ3n) is 3.58. The monoisotopic (exact) mass is 373 g/mol. The number of guanidine groups is 1. The van der Waals surface area contributed by atoms with E-state index in [1.807, 2.05) is 13.8 Å². The van der Waals surface area contributed by atoms with Crippen LogP contribution in [-0.2, 0) is 20.6 Å². The minimum absolute atomic E-state index is 0.0640. The third kappa shape index (κ3) is 4.64. The number of carbonyl (C=O) groups excluding carboxylic acids is 1. The van der Waals surface area contributed by atoms with Crippen LogP contribution in [0.15, 0.2) is 26.9 Å². The van der Waals surface area contributed by atoms with Crippen molar-refractivity contribution in [2.75, 3.05) is 6.26 Å². The average molecular weight is 374 g/mol. The second-order valence-electron chi connectivity index (χ2n) is 5.46. The van der Waals surface area contributed by atoms with Crippen molar-refractivity contribution in [1.29, 1.82) is 0 Å². The highest BCUT2D eigenvalue weighted by Crippen LogP contribution is 2.28. The normalized spacial score (nSPS) is 12.9. The van der Waals surface area contributed by atoms with E-state index in [0.29, 0.717) is 18.4 Å². The number of sulfone groups is 1. The highest BCUT2D eigenvalue weighted by atomic mass is 32.2. The molecule has 0 fully saturated rings. The molecule has 0 aliphatic heterocycles. The fourth-order valence-corrected chi connectivity index (χ4v) is 5.26. The molecule has 1 aromatic rings. The first kappa shape index (κ1) is 20.3. The van der Waals surface area contributed by atoms with Crippen molar-refractivity contribution in [2.24, 2.45) is 16.5 Å². The van der Waals surface area contributed by atoms with Gasteiger partial charge in [-0.05, 0) is 37.5 Å². The van der Waals surface area contributed by atoms with Crippen LogP contribution in [0.4, 0.5) is 0 Å². The van der Waals surface area contributed by atoms with E-state index >= 15 is 0 Å². The predicted octanol–water partition coefficient (Wildman–Crippen LogP) is 1.11. The molecule has 0 spiro atoms. The zero-order valence-corrected chi connectivity index (χ0v) is 15.8. The Hall–Kier alpha value is -1.74. The zero-order valence-electron chi connectivity index (χ0n) is 14.2. The lowest BCUT2D eigenvalue weighted by Crippen LogP contribution is -2.24. The van der Waals surface area contributed by atoms with Gasteiger partial charge in [0.2, 0.25) is 0 Å². The molecule has 4 N–H and O–H groups in total. The number of hydrogen-bond donors (Lipinski definition) is 2. The van der Waals surface area contributed by atoms with Crippen LogP contribution in [0.1, 0.15) is 42.6 Å². The molecule has 0 saturated heterocycles. The summed E-state index contributed by atoms with van der Waals surface area (Å²) in [5.74, 6) is -1.15. The number of benzene rings is 1. The van der Waals surface area contributed by atoms with Gasteiger partial charge in [-0.2, -0.15) is 4.99 Å². The number of nitrogens with zero attached hydrogens (tertiary/aromatic N) is 1. The molecular formula is C15H23N3O4S2. The SMILES string of the molecule is CCC(CC)S(=O)c1cc(C)c(C(=O)N=C(N)N)cc1S(C)(=O)=O. The Kier molecular flexibility index (Phi) is 6.67. The van der Waals surface area contributed by atoms with Crippen molar-refractivity contribution in [1.82, 2.24) is 0 Å². The molecule has 1 unspecified atom stereocenters. The van der Waals surface area contributed by atoms with Crippen molar-refractivity contribution in [3.8, 4) is 0 Å². The quantitative estimate of drug-likeness (QED) is 0.567. The van der Waals surface area contributed by atoms with Gasteiger partial charge in [0.1, 0.15) is 0 Å². The van der Waals surface area contributed by atoms with Gasteiger partial charge in [-0.3, -0.25) is 9.00 Å². The molecular weight excluding hydrogens is 350 g/mol. The van der Waals surface area contributed by atoms with E-state index in [1.54, 1.807) is 6.92 Å². The van der Waals surface area contributed by atoms with Gasteiger partial charge in [0, 0.05) is 17.1 Å². The molecule has 1 aromatic carbocycles. The lowest BCUT2D eigenvalue weighted by molar-refractivity contribution is 0.100. The van der Waals surface area contributed by atoms with Crippen LogP contribution >= 0.6 is 0 Å². The summed E-state index contributed by atoms with van der Waals surface area (Å²) in [5, 5.41) is -0.163. The number of aryl methyl sites for hydroxylation is 1. The van der Waals surface area contributed by atoms with Gasteiger partial charge in [-0.25, -0.2) is 8.42 Å². The maximum absolute atomic E-state index is 12.8. The van der Waals surface area contributed by atoms with E-state index < -0.39 is 32.5 Å². The molecule has 0 aromatic heterocycles. The van der Waals surface area contributed by atoms with Crippen molar-refractivity contribution in [3.05, 3.63) is 23.3 Å². The molecule has 0 aliphatic rings. The summed E-state index contributed by atoms with van der Waals surface area (Å²) in [5.41, 5.74) is 10.9. The fourth-order valence-electron chi connectivity index (χ4n) is 2.29. The fraction of sp³-hybridized carbons (Fsp3) is 0.467. The van der Waals surface area contributed by atoms with Crippen molar-refractivity contribution >= 4 is 32.5 Å². The van der Waals surface area contributed by atoms with Gasteiger partial charge in [0.25, 0.3) is 5.91 Å². The summed E-state index contributed by atoms with van der Waals surface area (Å²) in [6.07, 6.45) is 2.32. The summed E-state index contributed by atoms with van der Waals surface area (Å²) >= 11 is 0. The van der Waals surface area contributed by atoms with E-state index in [2.05, 4.69) is 4.99 Å². The molecule has 9 heteroatoms. The lowest BCUT2D eigenvalue weighted by Gasteiger charge is -2.16. The second-order valence-corrected chi connectivity index (χ2v) is 9.15. The third-order valence-corrected chi connectivity index (χ3v) is 6.89. The highest BCUT2D eigenvalue weighted by Gasteiger charge is 2.25. The Balaban J connectivity index is 3.64. The molecule has 0 bridgehead atoms. The summed E-state index contributed by atoms with van der Waals surface area (Å²) in [7, 11) is -5.18. The van der Waals surface area contributed by atoms with Crippen LogP contribution in [0.5, 0.6) is 0 Å². The molecule has 1 rings (SSSR count). The van der Waals surface area contributed by atoms with E-state index in [-0.39, 0.29) is 20.6 Å². The first-order valence-corrected chi connectivity index (χ1v) is 10.5. The molecule has 0 radical (unpaired) electrons. The van der Waals surface area contributed by atoms with Gasteiger partial charge >= 0.3 is 0 Å². The second kappa shape index (κ2) is 7.89. The van der Waals surface area contributed by atoms with E-state index in [4.69, 9.17) is 11.5 Å². The molecule has 24 heavy (non-hydrogen) atoms. The molecule has 7 nitrogen and oxygen atoms in total. The first-order chi connectivity index (χ1) is 11.0. The maximum Gasteiger partial charge on any atom is 0.280 e. The molecule has 134 valence electrons. The van der Waals surface area contributed by atoms with E-state index in [9.17, 15) is 17.4 Å². The molecule has 0 aliphatic carbocycles. The Labute approximate surface area is 144 Å². The average Bonchev–Trinajstić information content (AvgIpc) is 2.45. The van der Waals surface area contributed by atoms with Gasteiger partial charge < -0.3 is 11.5 Å². The van der Waals surface area contributed by atoms with Crippen molar-refractivity contribution in [2.45, 2.75) is 48.7 Å². The van der Waals surface area contributed by atoms with Gasteiger partial charge in [-0.1, -0.05) is 13.8 Å². The highest BCUT2D eigenvalue weighted by molar-refractivity contribution is 7.92. The lowest BCUT2D eigenvalue weighted by atomic mass is 10.1. The zero-order chi connectivity index (χ0) is 18.7. The van der Waals surface area contributed by atoms with Crippen molar-refractivity contribution < 1.29 is 17.4 Å². The van der Waals surface area contributed by atoms with Gasteiger partial charge in [0.15, 0.2) is 15.8 Å². The smallest absolute Gasteiger partial charge is 0.280 e. The first-order valence-electron chi connectivity index (χ1n) is 7.42. The van der Waals surface area contributed by atoms with E-state index in [0.717, 1.165) is 6.26 Å². The summed E-state index contributed by atoms with van der Waals surface area (Å²) < 4.78 is 37.0. The van der Waals surface area contributed by atoms with Crippen LogP contribution in [0.2, 0.25) is 0 Å². The molecule has 0 heterocycles. The Morgan fingerprint density at radius 3 is 2.21 bits per heavy atom. The maximum atomic E-state index is 12.8. The minimum atomic E-state index is -3.69. The predicted molar refractivity (Wildman–Crippen MR) is 95.2 cm³/mol. The Morgan fingerprint density at radius 2 is 1.79 bits per heavy atom. The number of nitrogens with two attached hydrogens (primary N) is 2. The largest absolute Gasteiger partial charge is 0.370 e. The Morgan fingerprint density at radius 1 is 1.25 bits per heavy atom. The summed E-state index contributed by atoms with van der Waals surface area (Å²) in [6, 6.07) is 2.68. The van der Waals surface area contributed by atoms with Crippen LogP contribution < -0.4 is 11.5 Å². The number of aliphatic imine (C=N–C) groups is 1. The van der Waals surface area contributed by atoms with Crippen molar-refractivity contribution in [3.63, 3.8) is 0 Å². The topological polar surface area (TPSA) is 133 Å². The van der Waals surface area contributed by atoms with Gasteiger partial charge in [-0.15, -0.1) is 0 Å². The molecule has 1 atom stereocenters. The molecule has 1 amide bonds. The van der Waals surface area contributed by atoms with Crippen LogP contribution in [-0.4, -0.2) is 36.0 Å².